The van der Waals surface area contributed by atoms with Crippen molar-refractivity contribution in [1.29, 1.82) is 0 Å². The molecule has 0 aliphatic heterocycles. The highest BCUT2D eigenvalue weighted by molar-refractivity contribution is 14.0. The molecule has 0 heterocycles. The third kappa shape index (κ3) is 9.39. The second kappa shape index (κ2) is 11.7. The molecule has 0 bridgehead atoms. The van der Waals surface area contributed by atoms with Crippen molar-refractivity contribution in [3.05, 3.63) is 30.1 Å². The highest BCUT2D eigenvalue weighted by atomic mass is 127. The van der Waals surface area contributed by atoms with Crippen molar-refractivity contribution in [3.63, 3.8) is 0 Å². The Balaban J connectivity index is 0.00000576. The Hall–Kier alpha value is -0.900. The van der Waals surface area contributed by atoms with Gasteiger partial charge in [0.2, 0.25) is 0 Å². The molecular weight excluding hydrogens is 456 g/mol. The van der Waals surface area contributed by atoms with E-state index in [4.69, 9.17) is 5.73 Å². The quantitative estimate of drug-likeness (QED) is 0.319. The molecule has 1 aromatic carbocycles. The lowest BCUT2D eigenvalue weighted by Crippen LogP contribution is -2.38. The maximum absolute atomic E-state index is 13.6. The third-order valence-corrected chi connectivity index (χ3v) is 5.35. The summed E-state index contributed by atoms with van der Waals surface area (Å²) in [5.74, 6) is -0.133. The number of sulfone groups is 1. The van der Waals surface area contributed by atoms with Crippen LogP contribution in [0.2, 0.25) is 0 Å². The zero-order valence-corrected chi connectivity index (χ0v) is 18.2. The maximum Gasteiger partial charge on any atom is 0.188 e. The van der Waals surface area contributed by atoms with Gasteiger partial charge in [0.05, 0.1) is 12.3 Å². The van der Waals surface area contributed by atoms with E-state index < -0.39 is 15.7 Å². The molecule has 0 aliphatic rings. The van der Waals surface area contributed by atoms with E-state index in [9.17, 15) is 12.8 Å². The van der Waals surface area contributed by atoms with Crippen LogP contribution in [0.1, 0.15) is 40.0 Å². The molecule has 0 fully saturated rings. The first-order chi connectivity index (χ1) is 11.2. The lowest BCUT2D eigenvalue weighted by molar-refractivity contribution is 0.493. The molecule has 0 saturated carbocycles. The van der Waals surface area contributed by atoms with Gasteiger partial charge in [-0.1, -0.05) is 38.8 Å². The Labute approximate surface area is 167 Å². The molecule has 0 radical (unpaired) electrons. The second-order valence-corrected chi connectivity index (χ2v) is 8.46. The molecule has 0 amide bonds. The smallest absolute Gasteiger partial charge is 0.188 e. The van der Waals surface area contributed by atoms with E-state index in [2.05, 4.69) is 24.2 Å². The average molecular weight is 485 g/mol. The Morgan fingerprint density at radius 1 is 1.24 bits per heavy atom. The van der Waals surface area contributed by atoms with Gasteiger partial charge in [-0.3, -0.25) is 4.99 Å². The first kappa shape index (κ1) is 24.1. The normalized spacial score (nSPS) is 13.4. The summed E-state index contributed by atoms with van der Waals surface area (Å²) in [6, 6.07) is 5.51. The van der Waals surface area contributed by atoms with Crippen LogP contribution in [0.3, 0.4) is 0 Å². The standard InChI is InChI=1S/C17H28FN3O2S.HI/c1-13(2)7-6-8-14(3)21-17(19)20-11-12-24(22,23)16-10-5-4-9-15(16)18;/h4-5,9-10,13-14H,6-8,11-12H2,1-3H3,(H3,19,20,21);1H. The van der Waals surface area contributed by atoms with Gasteiger partial charge in [0.1, 0.15) is 10.7 Å². The summed E-state index contributed by atoms with van der Waals surface area (Å²) in [6.07, 6.45) is 3.23. The summed E-state index contributed by atoms with van der Waals surface area (Å²) in [7, 11) is -3.70. The molecule has 1 aromatic rings. The van der Waals surface area contributed by atoms with Crippen LogP contribution in [0.15, 0.2) is 34.2 Å². The molecule has 144 valence electrons. The fourth-order valence-corrected chi connectivity index (χ4v) is 3.50. The summed E-state index contributed by atoms with van der Waals surface area (Å²) in [5, 5.41) is 3.05. The Morgan fingerprint density at radius 2 is 1.88 bits per heavy atom. The fraction of sp³-hybridized carbons (Fsp3) is 0.588. The van der Waals surface area contributed by atoms with Gasteiger partial charge in [-0.25, -0.2) is 12.8 Å². The summed E-state index contributed by atoms with van der Waals surface area (Å²) >= 11 is 0. The van der Waals surface area contributed by atoms with E-state index >= 15 is 0 Å². The minimum absolute atomic E-state index is 0. The number of benzene rings is 1. The number of nitrogens with zero attached hydrogens (tertiary/aromatic N) is 1. The van der Waals surface area contributed by atoms with Crippen molar-refractivity contribution < 1.29 is 12.8 Å². The predicted octanol–water partition coefficient (Wildman–Crippen LogP) is 3.34. The van der Waals surface area contributed by atoms with Crippen LogP contribution in [-0.2, 0) is 9.84 Å². The molecule has 8 heteroatoms. The molecule has 3 N–H and O–H groups in total. The number of hydrogen-bond acceptors (Lipinski definition) is 3. The monoisotopic (exact) mass is 485 g/mol. The summed E-state index contributed by atoms with van der Waals surface area (Å²) in [4.78, 5) is 3.73. The van der Waals surface area contributed by atoms with Crippen molar-refractivity contribution >= 4 is 39.8 Å². The van der Waals surface area contributed by atoms with Crippen LogP contribution in [-0.4, -0.2) is 32.7 Å². The van der Waals surface area contributed by atoms with Crippen molar-refractivity contribution in [2.45, 2.75) is 51.0 Å². The highest BCUT2D eigenvalue weighted by Crippen LogP contribution is 2.15. The molecule has 0 spiro atoms. The van der Waals surface area contributed by atoms with Gasteiger partial charge in [-0.2, -0.15) is 0 Å². The number of nitrogens with two attached hydrogens (primary N) is 1. The van der Waals surface area contributed by atoms with E-state index in [1.54, 1.807) is 0 Å². The molecule has 0 saturated heterocycles. The first-order valence-corrected chi connectivity index (χ1v) is 9.91. The second-order valence-electron chi connectivity index (χ2n) is 6.39. The van der Waals surface area contributed by atoms with Gasteiger partial charge < -0.3 is 11.1 Å². The van der Waals surface area contributed by atoms with Gasteiger partial charge in [-0.15, -0.1) is 24.0 Å². The minimum atomic E-state index is -3.70. The van der Waals surface area contributed by atoms with Crippen LogP contribution < -0.4 is 11.1 Å². The molecule has 1 rings (SSSR count). The van der Waals surface area contributed by atoms with Crippen LogP contribution >= 0.6 is 24.0 Å². The number of halogens is 2. The number of aliphatic imine (C=N–C) groups is 1. The number of rotatable bonds is 9. The van der Waals surface area contributed by atoms with Gasteiger partial charge in [0.25, 0.3) is 0 Å². The van der Waals surface area contributed by atoms with Crippen molar-refractivity contribution in [3.8, 4) is 0 Å². The van der Waals surface area contributed by atoms with E-state index in [0.717, 1.165) is 25.3 Å². The largest absolute Gasteiger partial charge is 0.370 e. The van der Waals surface area contributed by atoms with Gasteiger partial charge in [-0.05, 0) is 31.4 Å². The van der Waals surface area contributed by atoms with E-state index in [1.165, 1.54) is 18.2 Å². The summed E-state index contributed by atoms with van der Waals surface area (Å²) < 4.78 is 37.7. The molecular formula is C17H29FIN3O2S. The number of guanidine groups is 1. The molecule has 25 heavy (non-hydrogen) atoms. The summed E-state index contributed by atoms with van der Waals surface area (Å²) in [6.45, 7) is 6.38. The SMILES string of the molecule is CC(C)CCCC(C)NC(N)=NCCS(=O)(=O)c1ccccc1F.I. The van der Waals surface area contributed by atoms with Gasteiger partial charge in [0, 0.05) is 6.04 Å². The molecule has 0 aliphatic carbocycles. The molecule has 5 nitrogen and oxygen atoms in total. The van der Waals surface area contributed by atoms with E-state index in [0.29, 0.717) is 5.92 Å². The maximum atomic E-state index is 13.6. The van der Waals surface area contributed by atoms with Crippen molar-refractivity contribution in [2.24, 2.45) is 16.6 Å². The minimum Gasteiger partial charge on any atom is -0.370 e. The topological polar surface area (TPSA) is 84.5 Å². The van der Waals surface area contributed by atoms with Crippen LogP contribution in [0.5, 0.6) is 0 Å². The van der Waals surface area contributed by atoms with Crippen LogP contribution in [0, 0.1) is 11.7 Å². The van der Waals surface area contributed by atoms with Crippen LogP contribution in [0.4, 0.5) is 4.39 Å². The highest BCUT2D eigenvalue weighted by Gasteiger charge is 2.18. The van der Waals surface area contributed by atoms with Gasteiger partial charge >= 0.3 is 0 Å². The Morgan fingerprint density at radius 3 is 2.48 bits per heavy atom. The Bertz CT molecular complexity index is 651. The zero-order chi connectivity index (χ0) is 18.2. The number of hydrogen-bond donors (Lipinski definition) is 2. The lowest BCUT2D eigenvalue weighted by atomic mass is 10.0. The fourth-order valence-electron chi connectivity index (χ4n) is 2.30. The first-order valence-electron chi connectivity index (χ1n) is 8.26. The van der Waals surface area contributed by atoms with E-state index in [-0.39, 0.29) is 53.2 Å². The summed E-state index contributed by atoms with van der Waals surface area (Å²) in [5.41, 5.74) is 5.77. The third-order valence-electron chi connectivity index (χ3n) is 3.63. The lowest BCUT2D eigenvalue weighted by Gasteiger charge is -2.15. The average Bonchev–Trinajstić information content (AvgIpc) is 2.46. The van der Waals surface area contributed by atoms with Crippen molar-refractivity contribution in [2.75, 3.05) is 12.3 Å². The predicted molar refractivity (Wildman–Crippen MR) is 112 cm³/mol. The number of nitrogens with one attached hydrogen (secondary N) is 1. The molecule has 0 aromatic heterocycles. The van der Waals surface area contributed by atoms with Gasteiger partial charge in [0.15, 0.2) is 15.8 Å². The molecule has 1 unspecified atom stereocenters. The zero-order valence-electron chi connectivity index (χ0n) is 15.0. The van der Waals surface area contributed by atoms with E-state index in [1.807, 2.05) is 6.92 Å². The van der Waals surface area contributed by atoms with Crippen LogP contribution in [0.25, 0.3) is 0 Å². The molecule has 1 atom stereocenters. The van der Waals surface area contributed by atoms with Crippen molar-refractivity contribution in [1.82, 2.24) is 5.32 Å². The Kier molecular flexibility index (Phi) is 11.2.